The maximum Gasteiger partial charge on any atom is 0.163 e. The normalized spacial score (nSPS) is 18.7. The van der Waals surface area contributed by atoms with E-state index < -0.39 is 0 Å². The number of aryl methyl sites for hydroxylation is 1. The molecular formula is C25H24N2OS. The fraction of sp³-hybridized carbons (Fsp3) is 0.240. The summed E-state index contributed by atoms with van der Waals surface area (Å²) < 4.78 is 0. The molecule has 5 rings (SSSR count). The third-order valence-electron chi connectivity index (χ3n) is 5.79. The van der Waals surface area contributed by atoms with Crippen molar-refractivity contribution in [3.8, 4) is 0 Å². The van der Waals surface area contributed by atoms with Crippen LogP contribution in [0.4, 0.5) is 11.4 Å². The molecule has 2 aromatic carbocycles. The van der Waals surface area contributed by atoms with Crippen LogP contribution in [0.1, 0.15) is 41.3 Å². The van der Waals surface area contributed by atoms with Gasteiger partial charge < -0.3 is 10.2 Å². The number of hydrogen-bond acceptors (Lipinski definition) is 4. The second-order valence-corrected chi connectivity index (χ2v) is 8.83. The predicted octanol–water partition coefficient (Wildman–Crippen LogP) is 6.24. The van der Waals surface area contributed by atoms with Gasteiger partial charge in [-0.2, -0.15) is 0 Å². The van der Waals surface area contributed by atoms with Gasteiger partial charge in [0.05, 0.1) is 17.4 Å². The first-order valence-corrected chi connectivity index (χ1v) is 11.1. The molecule has 0 saturated heterocycles. The number of carbonyl (C=O) groups excluding carboxylic acids is 1. The quantitative estimate of drug-likeness (QED) is 0.565. The lowest BCUT2D eigenvalue weighted by molar-refractivity contribution is -0.116. The van der Waals surface area contributed by atoms with Crippen LogP contribution in [0.3, 0.4) is 0 Å². The number of nitrogens with one attached hydrogen (secondary N) is 1. The second-order valence-electron chi connectivity index (χ2n) is 7.85. The molecule has 2 heterocycles. The van der Waals surface area contributed by atoms with E-state index in [2.05, 4.69) is 83.2 Å². The Morgan fingerprint density at radius 2 is 1.97 bits per heavy atom. The number of Topliss-reactive ketones (excluding diaryl/α,β-unsaturated/α-hetero) is 1. The van der Waals surface area contributed by atoms with Crippen molar-refractivity contribution in [2.24, 2.45) is 0 Å². The van der Waals surface area contributed by atoms with Crippen LogP contribution in [0.15, 0.2) is 77.3 Å². The van der Waals surface area contributed by atoms with E-state index >= 15 is 0 Å². The van der Waals surface area contributed by atoms with E-state index in [1.54, 1.807) is 11.3 Å². The van der Waals surface area contributed by atoms with Crippen molar-refractivity contribution in [1.29, 1.82) is 0 Å². The predicted molar refractivity (Wildman–Crippen MR) is 120 cm³/mol. The standard InChI is InChI=1S/C25H24N2OS/c1-17-7-4-8-18(15-17)16-27-21-11-3-2-9-19(21)26-20-10-5-12-22(28)24(20)25(27)23-13-6-14-29-23/h2-4,6-9,11,13-15,25-26H,5,10,12,16H2,1H3. The Kier molecular flexibility index (Phi) is 4.72. The van der Waals surface area contributed by atoms with Gasteiger partial charge in [-0.05, 0) is 48.9 Å². The summed E-state index contributed by atoms with van der Waals surface area (Å²) in [6.07, 6.45) is 2.48. The fourth-order valence-corrected chi connectivity index (χ4v) is 5.37. The molecule has 0 saturated carbocycles. The molecule has 3 nitrogen and oxygen atoms in total. The highest BCUT2D eigenvalue weighted by atomic mass is 32.1. The first kappa shape index (κ1) is 18.2. The van der Waals surface area contributed by atoms with Crippen molar-refractivity contribution in [3.05, 3.63) is 93.3 Å². The lowest BCUT2D eigenvalue weighted by Crippen LogP contribution is -2.32. The van der Waals surface area contributed by atoms with Crippen LogP contribution < -0.4 is 10.2 Å². The summed E-state index contributed by atoms with van der Waals surface area (Å²) in [6, 6.07) is 21.3. The van der Waals surface area contributed by atoms with E-state index in [0.29, 0.717) is 6.42 Å². The lowest BCUT2D eigenvalue weighted by atomic mass is 9.88. The van der Waals surface area contributed by atoms with Crippen LogP contribution in [-0.2, 0) is 11.3 Å². The number of benzene rings is 2. The Bertz CT molecular complexity index is 1080. The molecule has 1 aliphatic carbocycles. The smallest absolute Gasteiger partial charge is 0.163 e. The van der Waals surface area contributed by atoms with Crippen LogP contribution in [-0.4, -0.2) is 5.78 Å². The molecule has 0 spiro atoms. The molecule has 1 aromatic heterocycles. The van der Waals surface area contributed by atoms with E-state index in [4.69, 9.17) is 0 Å². The average Bonchev–Trinajstić information content (AvgIpc) is 3.20. The van der Waals surface area contributed by atoms with E-state index in [9.17, 15) is 4.79 Å². The van der Waals surface area contributed by atoms with Crippen molar-refractivity contribution in [2.75, 3.05) is 10.2 Å². The minimum Gasteiger partial charge on any atom is -0.357 e. The minimum atomic E-state index is -0.0607. The summed E-state index contributed by atoms with van der Waals surface area (Å²) in [4.78, 5) is 16.8. The zero-order valence-electron chi connectivity index (χ0n) is 16.5. The monoisotopic (exact) mass is 400 g/mol. The Hall–Kier alpha value is -2.85. The van der Waals surface area contributed by atoms with Crippen molar-refractivity contribution >= 4 is 28.5 Å². The molecule has 4 heteroatoms. The zero-order chi connectivity index (χ0) is 19.8. The number of para-hydroxylation sites is 2. The SMILES string of the molecule is Cc1cccc(CN2c3ccccc3NC3=C(C(=O)CCC3)C2c2cccs2)c1. The Morgan fingerprint density at radius 3 is 2.79 bits per heavy atom. The third kappa shape index (κ3) is 3.38. The second kappa shape index (κ2) is 7.53. The minimum absolute atomic E-state index is 0.0607. The maximum atomic E-state index is 13.2. The van der Waals surface area contributed by atoms with Crippen LogP contribution >= 0.6 is 11.3 Å². The highest BCUT2D eigenvalue weighted by Gasteiger charge is 2.37. The molecule has 29 heavy (non-hydrogen) atoms. The number of fused-ring (bicyclic) bond motifs is 1. The first-order valence-electron chi connectivity index (χ1n) is 10.2. The fourth-order valence-electron chi connectivity index (χ4n) is 4.52. The summed E-state index contributed by atoms with van der Waals surface area (Å²) in [5.41, 5.74) is 6.79. The number of allylic oxidation sites excluding steroid dienone is 1. The third-order valence-corrected chi connectivity index (χ3v) is 6.71. The van der Waals surface area contributed by atoms with Crippen molar-refractivity contribution < 1.29 is 4.79 Å². The lowest BCUT2D eigenvalue weighted by Gasteiger charge is -2.34. The van der Waals surface area contributed by atoms with Crippen molar-refractivity contribution in [1.82, 2.24) is 0 Å². The first-order chi connectivity index (χ1) is 14.2. The summed E-state index contributed by atoms with van der Waals surface area (Å²) in [5, 5.41) is 5.74. The molecule has 146 valence electrons. The zero-order valence-corrected chi connectivity index (χ0v) is 17.3. The summed E-state index contributed by atoms with van der Waals surface area (Å²) in [7, 11) is 0. The van der Waals surface area contributed by atoms with Crippen LogP contribution in [0, 0.1) is 6.92 Å². The largest absolute Gasteiger partial charge is 0.357 e. The summed E-state index contributed by atoms with van der Waals surface area (Å²) in [5.74, 6) is 0.277. The number of carbonyl (C=O) groups is 1. The molecular weight excluding hydrogens is 376 g/mol. The van der Waals surface area contributed by atoms with Gasteiger partial charge in [0.25, 0.3) is 0 Å². The van der Waals surface area contributed by atoms with Gasteiger partial charge in [-0.25, -0.2) is 0 Å². The van der Waals surface area contributed by atoms with Gasteiger partial charge in [0.2, 0.25) is 0 Å². The topological polar surface area (TPSA) is 32.3 Å². The molecule has 1 unspecified atom stereocenters. The maximum absolute atomic E-state index is 13.2. The van der Waals surface area contributed by atoms with Gasteiger partial charge in [0, 0.05) is 29.1 Å². The molecule has 0 bridgehead atoms. The number of rotatable bonds is 3. The van der Waals surface area contributed by atoms with E-state index in [0.717, 1.165) is 42.0 Å². The Labute approximate surface area is 175 Å². The molecule has 0 amide bonds. The van der Waals surface area contributed by atoms with Gasteiger partial charge >= 0.3 is 0 Å². The molecule has 3 aromatic rings. The number of thiophene rings is 1. The molecule has 0 fully saturated rings. The van der Waals surface area contributed by atoms with Gasteiger partial charge in [-0.1, -0.05) is 48.0 Å². The summed E-state index contributed by atoms with van der Waals surface area (Å²) in [6.45, 7) is 2.89. The van der Waals surface area contributed by atoms with Crippen LogP contribution in [0.2, 0.25) is 0 Å². The van der Waals surface area contributed by atoms with Gasteiger partial charge in [0.1, 0.15) is 0 Å². The van der Waals surface area contributed by atoms with Gasteiger partial charge in [-0.3, -0.25) is 4.79 Å². The summed E-state index contributed by atoms with van der Waals surface area (Å²) >= 11 is 1.73. The number of anilines is 2. The highest BCUT2D eigenvalue weighted by Crippen LogP contribution is 2.46. The molecule has 2 aliphatic rings. The molecule has 1 aliphatic heterocycles. The average molecular weight is 401 g/mol. The van der Waals surface area contributed by atoms with E-state index in [1.807, 2.05) is 0 Å². The van der Waals surface area contributed by atoms with Crippen LogP contribution in [0.5, 0.6) is 0 Å². The number of ketones is 1. The van der Waals surface area contributed by atoms with Gasteiger partial charge in [0.15, 0.2) is 5.78 Å². The van der Waals surface area contributed by atoms with Crippen molar-refractivity contribution in [3.63, 3.8) is 0 Å². The Morgan fingerprint density at radius 1 is 1.07 bits per heavy atom. The number of nitrogens with zero attached hydrogens (tertiary/aromatic N) is 1. The highest BCUT2D eigenvalue weighted by molar-refractivity contribution is 7.10. The van der Waals surface area contributed by atoms with Crippen LogP contribution in [0.25, 0.3) is 0 Å². The number of hydrogen-bond donors (Lipinski definition) is 1. The Balaban J connectivity index is 1.71. The molecule has 0 radical (unpaired) electrons. The van der Waals surface area contributed by atoms with E-state index in [-0.39, 0.29) is 11.8 Å². The van der Waals surface area contributed by atoms with Crippen molar-refractivity contribution in [2.45, 2.75) is 38.8 Å². The molecule has 1 N–H and O–H groups in total. The molecule has 1 atom stereocenters. The van der Waals surface area contributed by atoms with Gasteiger partial charge in [-0.15, -0.1) is 11.3 Å². The van der Waals surface area contributed by atoms with E-state index in [1.165, 1.54) is 16.0 Å².